The van der Waals surface area contributed by atoms with Crippen LogP contribution in [0.25, 0.3) is 16.7 Å². The first-order valence-corrected chi connectivity index (χ1v) is 8.33. The van der Waals surface area contributed by atoms with Crippen molar-refractivity contribution in [3.8, 4) is 11.4 Å². The summed E-state index contributed by atoms with van der Waals surface area (Å²) in [4.78, 5) is 4.51. The molecule has 0 aliphatic carbocycles. The van der Waals surface area contributed by atoms with Crippen LogP contribution in [0.5, 0.6) is 5.75 Å². The molecule has 0 radical (unpaired) electrons. The van der Waals surface area contributed by atoms with Crippen LogP contribution in [0.4, 0.5) is 5.69 Å². The third kappa shape index (κ3) is 2.95. The molecule has 0 bridgehead atoms. The first-order valence-electron chi connectivity index (χ1n) is 8.33. The van der Waals surface area contributed by atoms with Gasteiger partial charge in [-0.1, -0.05) is 0 Å². The third-order valence-electron chi connectivity index (χ3n) is 4.41. The van der Waals surface area contributed by atoms with Gasteiger partial charge in [0.15, 0.2) is 0 Å². The number of anilines is 1. The zero-order chi connectivity index (χ0) is 16.4. The first kappa shape index (κ1) is 15.0. The van der Waals surface area contributed by atoms with Crippen LogP contribution < -0.4 is 10.1 Å². The Labute approximate surface area is 141 Å². The lowest BCUT2D eigenvalue weighted by atomic mass is 10.2. The minimum absolute atomic E-state index is 0.226. The lowest BCUT2D eigenvalue weighted by Crippen LogP contribution is -2.16. The highest BCUT2D eigenvalue weighted by Crippen LogP contribution is 2.24. The summed E-state index contributed by atoms with van der Waals surface area (Å²) in [7, 11) is 1.92. The molecule has 2 heterocycles. The summed E-state index contributed by atoms with van der Waals surface area (Å²) >= 11 is 0. The number of nitrogens with one attached hydrogen (secondary N) is 1. The molecule has 1 saturated heterocycles. The number of imidazole rings is 1. The van der Waals surface area contributed by atoms with Crippen molar-refractivity contribution < 1.29 is 9.47 Å². The van der Waals surface area contributed by atoms with Crippen LogP contribution in [0, 0.1) is 0 Å². The van der Waals surface area contributed by atoms with E-state index in [1.165, 1.54) is 0 Å². The fourth-order valence-corrected chi connectivity index (χ4v) is 3.04. The van der Waals surface area contributed by atoms with Gasteiger partial charge in [-0.25, -0.2) is 4.98 Å². The standard InChI is InChI=1S/C19H21N3O2/c1-20-14-4-6-15(7-5-14)22-13-21-18-11-16(8-9-19(18)22)24-12-17-3-2-10-23-17/h4-9,11,13,17,20H,2-3,10,12H2,1H3. The highest BCUT2D eigenvalue weighted by molar-refractivity contribution is 5.79. The Morgan fingerprint density at radius 1 is 1.25 bits per heavy atom. The topological polar surface area (TPSA) is 48.3 Å². The fraction of sp³-hybridized carbons (Fsp3) is 0.316. The average Bonchev–Trinajstić information content (AvgIpc) is 3.29. The predicted molar refractivity (Wildman–Crippen MR) is 95.1 cm³/mol. The Hall–Kier alpha value is -2.53. The van der Waals surface area contributed by atoms with Gasteiger partial charge in [0.25, 0.3) is 0 Å². The van der Waals surface area contributed by atoms with E-state index >= 15 is 0 Å². The normalized spacial score (nSPS) is 17.3. The molecule has 2 aromatic carbocycles. The second kappa shape index (κ2) is 6.53. The number of hydrogen-bond donors (Lipinski definition) is 1. The Kier molecular flexibility index (Phi) is 4.09. The molecule has 1 N–H and O–H groups in total. The minimum Gasteiger partial charge on any atom is -0.491 e. The molecule has 0 saturated carbocycles. The zero-order valence-corrected chi connectivity index (χ0v) is 13.7. The van der Waals surface area contributed by atoms with Crippen molar-refractivity contribution in [3.63, 3.8) is 0 Å². The maximum atomic E-state index is 5.86. The van der Waals surface area contributed by atoms with E-state index in [9.17, 15) is 0 Å². The van der Waals surface area contributed by atoms with Gasteiger partial charge < -0.3 is 14.8 Å². The monoisotopic (exact) mass is 323 g/mol. The van der Waals surface area contributed by atoms with Gasteiger partial charge >= 0.3 is 0 Å². The van der Waals surface area contributed by atoms with E-state index in [1.807, 2.05) is 25.5 Å². The summed E-state index contributed by atoms with van der Waals surface area (Å²) in [5.41, 5.74) is 4.17. The molecule has 124 valence electrons. The molecular weight excluding hydrogens is 302 g/mol. The maximum absolute atomic E-state index is 5.86. The molecule has 0 spiro atoms. The molecule has 24 heavy (non-hydrogen) atoms. The quantitative estimate of drug-likeness (QED) is 0.779. The van der Waals surface area contributed by atoms with Gasteiger partial charge in [0.05, 0.1) is 17.1 Å². The van der Waals surface area contributed by atoms with E-state index in [-0.39, 0.29) is 6.10 Å². The highest BCUT2D eigenvalue weighted by Gasteiger charge is 2.16. The van der Waals surface area contributed by atoms with Crippen LogP contribution in [0.2, 0.25) is 0 Å². The van der Waals surface area contributed by atoms with E-state index in [0.29, 0.717) is 6.61 Å². The number of benzene rings is 2. The van der Waals surface area contributed by atoms with Crippen LogP contribution in [0.1, 0.15) is 12.8 Å². The second-order valence-electron chi connectivity index (χ2n) is 6.01. The minimum atomic E-state index is 0.226. The zero-order valence-electron chi connectivity index (χ0n) is 13.7. The summed E-state index contributed by atoms with van der Waals surface area (Å²) < 4.78 is 13.5. The number of rotatable bonds is 5. The van der Waals surface area contributed by atoms with Gasteiger partial charge in [0, 0.05) is 31.1 Å². The van der Waals surface area contributed by atoms with Crippen LogP contribution in [0.15, 0.2) is 48.8 Å². The molecule has 0 amide bonds. The van der Waals surface area contributed by atoms with Crippen LogP contribution in [-0.4, -0.2) is 35.9 Å². The molecule has 1 unspecified atom stereocenters. The van der Waals surface area contributed by atoms with Gasteiger partial charge in [-0.05, 0) is 49.2 Å². The van der Waals surface area contributed by atoms with Gasteiger partial charge in [-0.2, -0.15) is 0 Å². The van der Waals surface area contributed by atoms with E-state index < -0.39 is 0 Å². The maximum Gasteiger partial charge on any atom is 0.121 e. The summed E-state index contributed by atoms with van der Waals surface area (Å²) in [6.45, 7) is 1.46. The molecule has 5 nitrogen and oxygen atoms in total. The molecule has 3 aromatic rings. The SMILES string of the molecule is CNc1ccc(-n2cnc3cc(OCC4CCCO4)ccc32)cc1. The largest absolute Gasteiger partial charge is 0.491 e. The second-order valence-corrected chi connectivity index (χ2v) is 6.01. The van der Waals surface area contributed by atoms with Crippen molar-refractivity contribution in [2.24, 2.45) is 0 Å². The van der Waals surface area contributed by atoms with Crippen LogP contribution >= 0.6 is 0 Å². The van der Waals surface area contributed by atoms with Crippen molar-refractivity contribution in [2.75, 3.05) is 25.6 Å². The number of hydrogen-bond acceptors (Lipinski definition) is 4. The van der Waals surface area contributed by atoms with Crippen LogP contribution in [0.3, 0.4) is 0 Å². The van der Waals surface area contributed by atoms with Gasteiger partial charge in [0.2, 0.25) is 0 Å². The Balaban J connectivity index is 1.55. The molecule has 4 rings (SSSR count). The van der Waals surface area contributed by atoms with E-state index in [0.717, 1.165) is 47.6 Å². The average molecular weight is 323 g/mol. The van der Waals surface area contributed by atoms with Gasteiger partial charge in [-0.3, -0.25) is 4.57 Å². The lowest BCUT2D eigenvalue weighted by molar-refractivity contribution is 0.0680. The summed E-state index contributed by atoms with van der Waals surface area (Å²) in [5, 5.41) is 3.13. The molecule has 1 aliphatic heterocycles. The van der Waals surface area contributed by atoms with Crippen molar-refractivity contribution in [3.05, 3.63) is 48.8 Å². The Bertz CT molecular complexity index is 820. The van der Waals surface area contributed by atoms with Gasteiger partial charge in [0.1, 0.15) is 18.7 Å². The van der Waals surface area contributed by atoms with E-state index in [1.54, 1.807) is 0 Å². The smallest absolute Gasteiger partial charge is 0.121 e. The van der Waals surface area contributed by atoms with Crippen molar-refractivity contribution in [2.45, 2.75) is 18.9 Å². The van der Waals surface area contributed by atoms with Crippen LogP contribution in [-0.2, 0) is 4.74 Å². The molecule has 1 atom stereocenters. The van der Waals surface area contributed by atoms with Crippen molar-refractivity contribution in [1.29, 1.82) is 0 Å². The number of fused-ring (bicyclic) bond motifs is 1. The number of ether oxygens (including phenoxy) is 2. The summed E-state index contributed by atoms with van der Waals surface area (Å²) in [5.74, 6) is 0.841. The van der Waals surface area contributed by atoms with E-state index in [2.05, 4.69) is 45.2 Å². The number of nitrogens with zero attached hydrogens (tertiary/aromatic N) is 2. The molecule has 5 heteroatoms. The molecular formula is C19H21N3O2. The van der Waals surface area contributed by atoms with Gasteiger partial charge in [-0.15, -0.1) is 0 Å². The molecule has 1 aromatic heterocycles. The molecule has 1 fully saturated rings. The third-order valence-corrected chi connectivity index (χ3v) is 4.41. The summed E-state index contributed by atoms with van der Waals surface area (Å²) in [6.07, 6.45) is 4.29. The number of aromatic nitrogens is 2. The Morgan fingerprint density at radius 3 is 2.88 bits per heavy atom. The Morgan fingerprint density at radius 2 is 2.12 bits per heavy atom. The fourth-order valence-electron chi connectivity index (χ4n) is 3.04. The van der Waals surface area contributed by atoms with Crippen molar-refractivity contribution in [1.82, 2.24) is 9.55 Å². The predicted octanol–water partition coefficient (Wildman–Crippen LogP) is 3.63. The molecule has 1 aliphatic rings. The summed E-state index contributed by atoms with van der Waals surface area (Å²) in [6, 6.07) is 14.3. The van der Waals surface area contributed by atoms with Crippen molar-refractivity contribution >= 4 is 16.7 Å². The lowest BCUT2D eigenvalue weighted by Gasteiger charge is -2.11. The first-order chi connectivity index (χ1) is 11.8. The van der Waals surface area contributed by atoms with E-state index in [4.69, 9.17) is 9.47 Å². The highest BCUT2D eigenvalue weighted by atomic mass is 16.5.